The molecule has 0 spiro atoms. The van der Waals surface area contributed by atoms with Crippen LogP contribution in [-0.2, 0) is 9.59 Å². The van der Waals surface area contributed by atoms with Crippen molar-refractivity contribution < 1.29 is 19.4 Å². The molecule has 1 amide bonds. The Bertz CT molecular complexity index is 563. The number of carboxylic acid groups (broad SMARTS) is 1. The van der Waals surface area contributed by atoms with Gasteiger partial charge in [0.2, 0.25) is 5.91 Å². The smallest absolute Gasteiger partial charge is 0.306 e. The molecular formula is C17H22ClNO4. The lowest BCUT2D eigenvalue weighted by molar-refractivity contribution is -0.141. The molecule has 126 valence electrons. The second kappa shape index (κ2) is 8.20. The lowest BCUT2D eigenvalue weighted by Crippen LogP contribution is -2.38. The third-order valence-electron chi connectivity index (χ3n) is 4.24. The van der Waals surface area contributed by atoms with Crippen molar-refractivity contribution in [2.45, 2.75) is 38.7 Å². The van der Waals surface area contributed by atoms with E-state index in [1.807, 2.05) is 19.1 Å². The number of hydrogen-bond acceptors (Lipinski definition) is 3. The highest BCUT2D eigenvalue weighted by atomic mass is 35.5. The number of amides is 1. The van der Waals surface area contributed by atoms with Crippen LogP contribution in [0.3, 0.4) is 0 Å². The fraction of sp³-hybridized carbons (Fsp3) is 0.529. The van der Waals surface area contributed by atoms with Gasteiger partial charge in [-0.15, -0.1) is 0 Å². The van der Waals surface area contributed by atoms with Gasteiger partial charge in [0, 0.05) is 5.92 Å². The molecule has 1 saturated carbocycles. The molecule has 3 atom stereocenters. The first kappa shape index (κ1) is 17.6. The number of para-hydroxylation sites is 1. The van der Waals surface area contributed by atoms with Crippen molar-refractivity contribution in [3.63, 3.8) is 0 Å². The summed E-state index contributed by atoms with van der Waals surface area (Å²) in [5, 5.41) is 12.4. The first-order valence-corrected chi connectivity index (χ1v) is 8.30. The Kier molecular flexibility index (Phi) is 6.28. The van der Waals surface area contributed by atoms with Crippen LogP contribution in [0.25, 0.3) is 0 Å². The van der Waals surface area contributed by atoms with Crippen molar-refractivity contribution in [3.05, 3.63) is 29.3 Å². The lowest BCUT2D eigenvalue weighted by atomic mass is 10.0. The number of benzene rings is 1. The topological polar surface area (TPSA) is 75.6 Å². The average molecular weight is 340 g/mol. The third kappa shape index (κ3) is 4.86. The highest BCUT2D eigenvalue weighted by Crippen LogP contribution is 2.31. The molecule has 0 bridgehead atoms. The molecule has 0 heterocycles. The molecule has 1 aliphatic rings. The van der Waals surface area contributed by atoms with E-state index >= 15 is 0 Å². The van der Waals surface area contributed by atoms with Crippen molar-refractivity contribution in [2.75, 3.05) is 6.54 Å². The van der Waals surface area contributed by atoms with Crippen molar-refractivity contribution >= 4 is 23.5 Å². The van der Waals surface area contributed by atoms with Gasteiger partial charge in [-0.2, -0.15) is 0 Å². The molecule has 23 heavy (non-hydrogen) atoms. The molecule has 0 aromatic heterocycles. The molecule has 1 aromatic rings. The normalized spacial score (nSPS) is 21.7. The van der Waals surface area contributed by atoms with E-state index in [0.717, 1.165) is 6.42 Å². The number of halogens is 1. The highest BCUT2D eigenvalue weighted by Gasteiger charge is 2.33. The second-order valence-corrected chi connectivity index (χ2v) is 6.28. The summed E-state index contributed by atoms with van der Waals surface area (Å²) in [4.78, 5) is 23.1. The van der Waals surface area contributed by atoms with Gasteiger partial charge >= 0.3 is 5.97 Å². The molecule has 2 rings (SSSR count). The first-order chi connectivity index (χ1) is 11.0. The van der Waals surface area contributed by atoms with E-state index in [0.29, 0.717) is 36.6 Å². The van der Waals surface area contributed by atoms with E-state index < -0.39 is 11.9 Å². The second-order valence-electron chi connectivity index (χ2n) is 5.87. The minimum atomic E-state index is -0.811. The van der Waals surface area contributed by atoms with Gasteiger partial charge in [-0.1, -0.05) is 30.7 Å². The number of ether oxygens (including phenoxy) is 1. The Balaban J connectivity index is 1.82. The van der Waals surface area contributed by atoms with Gasteiger partial charge in [0.05, 0.1) is 17.5 Å². The zero-order valence-corrected chi connectivity index (χ0v) is 13.9. The summed E-state index contributed by atoms with van der Waals surface area (Å²) in [6.07, 6.45) is 2.18. The quantitative estimate of drug-likeness (QED) is 0.800. The number of nitrogens with one attached hydrogen (secondary N) is 1. The van der Waals surface area contributed by atoms with Crippen LogP contribution in [0.15, 0.2) is 24.3 Å². The number of carbonyl (C=O) groups is 2. The van der Waals surface area contributed by atoms with Gasteiger partial charge in [-0.3, -0.25) is 9.59 Å². The summed E-state index contributed by atoms with van der Waals surface area (Å²) >= 11 is 6.07. The van der Waals surface area contributed by atoms with Crippen molar-refractivity contribution in [2.24, 2.45) is 11.8 Å². The molecule has 1 fully saturated rings. The molecule has 1 unspecified atom stereocenters. The van der Waals surface area contributed by atoms with Crippen molar-refractivity contribution in [1.82, 2.24) is 5.32 Å². The standard InChI is InChI=1S/C17H22ClNO4/c1-2-13(23-15-6-4-3-5-14(15)18)10-19-16(20)11-7-8-12(9-11)17(21)22/h3-6,11-13H,2,7-10H2,1H3,(H,19,20)(H,21,22)/t11-,12+,13?/m1/s1. The zero-order chi connectivity index (χ0) is 16.8. The number of hydrogen-bond donors (Lipinski definition) is 2. The molecule has 0 aliphatic heterocycles. The Labute approximate surface area is 141 Å². The predicted octanol–water partition coefficient (Wildman–Crippen LogP) is 3.11. The Morgan fingerprint density at radius 3 is 2.65 bits per heavy atom. The number of carboxylic acids is 1. The first-order valence-electron chi connectivity index (χ1n) is 7.93. The van der Waals surface area contributed by atoms with Crippen LogP contribution in [0.2, 0.25) is 5.02 Å². The summed E-state index contributed by atoms with van der Waals surface area (Å²) in [5.41, 5.74) is 0. The average Bonchev–Trinajstić information content (AvgIpc) is 3.03. The maximum absolute atomic E-state index is 12.2. The van der Waals surface area contributed by atoms with E-state index in [4.69, 9.17) is 21.4 Å². The molecule has 5 nitrogen and oxygen atoms in total. The summed E-state index contributed by atoms with van der Waals surface area (Å²) in [5.74, 6) is -0.910. The van der Waals surface area contributed by atoms with Crippen LogP contribution in [0.4, 0.5) is 0 Å². The fourth-order valence-corrected chi connectivity index (χ4v) is 2.97. The van der Waals surface area contributed by atoms with Crippen molar-refractivity contribution in [1.29, 1.82) is 0 Å². The van der Waals surface area contributed by atoms with Gasteiger partial charge in [0.15, 0.2) is 0 Å². The Hall–Kier alpha value is -1.75. The molecule has 0 radical (unpaired) electrons. The fourth-order valence-electron chi connectivity index (χ4n) is 2.79. The van der Waals surface area contributed by atoms with Crippen LogP contribution in [-0.4, -0.2) is 29.6 Å². The molecule has 1 aromatic carbocycles. The van der Waals surface area contributed by atoms with Crippen LogP contribution in [0.5, 0.6) is 5.75 Å². The molecule has 0 saturated heterocycles. The highest BCUT2D eigenvalue weighted by molar-refractivity contribution is 6.32. The number of aliphatic carboxylic acids is 1. The Morgan fingerprint density at radius 2 is 2.04 bits per heavy atom. The van der Waals surface area contributed by atoms with Crippen molar-refractivity contribution in [3.8, 4) is 5.75 Å². The summed E-state index contributed by atoms with van der Waals surface area (Å²) < 4.78 is 5.83. The van der Waals surface area contributed by atoms with Crippen LogP contribution in [0.1, 0.15) is 32.6 Å². The van der Waals surface area contributed by atoms with Gasteiger partial charge in [-0.25, -0.2) is 0 Å². The van der Waals surface area contributed by atoms with Gasteiger partial charge < -0.3 is 15.2 Å². The third-order valence-corrected chi connectivity index (χ3v) is 4.55. The minimum Gasteiger partial charge on any atom is -0.487 e. The van der Waals surface area contributed by atoms with Gasteiger partial charge in [0.25, 0.3) is 0 Å². The van der Waals surface area contributed by atoms with Crippen LogP contribution >= 0.6 is 11.6 Å². The predicted molar refractivity (Wildman–Crippen MR) is 87.6 cm³/mol. The van der Waals surface area contributed by atoms with Gasteiger partial charge in [0.1, 0.15) is 11.9 Å². The number of rotatable bonds is 7. The zero-order valence-electron chi connectivity index (χ0n) is 13.1. The van der Waals surface area contributed by atoms with Crippen LogP contribution in [0, 0.1) is 11.8 Å². The monoisotopic (exact) mass is 339 g/mol. The SMILES string of the molecule is CCC(CNC(=O)[C@@H]1CC[C@H](C(=O)O)C1)Oc1ccccc1Cl. The largest absolute Gasteiger partial charge is 0.487 e. The molecule has 2 N–H and O–H groups in total. The van der Waals surface area contributed by atoms with Crippen LogP contribution < -0.4 is 10.1 Å². The summed E-state index contributed by atoms with van der Waals surface area (Å²) in [7, 11) is 0. The van der Waals surface area contributed by atoms with E-state index in [-0.39, 0.29) is 17.9 Å². The van der Waals surface area contributed by atoms with E-state index in [1.165, 1.54) is 0 Å². The molecule has 1 aliphatic carbocycles. The van der Waals surface area contributed by atoms with E-state index in [2.05, 4.69) is 5.32 Å². The molecule has 6 heteroatoms. The summed E-state index contributed by atoms with van der Waals surface area (Å²) in [6.45, 7) is 2.36. The molecular weight excluding hydrogens is 318 g/mol. The Morgan fingerprint density at radius 1 is 1.35 bits per heavy atom. The minimum absolute atomic E-state index is 0.0880. The maximum Gasteiger partial charge on any atom is 0.306 e. The lowest BCUT2D eigenvalue weighted by Gasteiger charge is -2.20. The number of carbonyl (C=O) groups excluding carboxylic acids is 1. The maximum atomic E-state index is 12.2. The van der Waals surface area contributed by atoms with E-state index in [1.54, 1.807) is 12.1 Å². The summed E-state index contributed by atoms with van der Waals surface area (Å²) in [6, 6.07) is 7.22. The van der Waals surface area contributed by atoms with Gasteiger partial charge in [-0.05, 0) is 37.8 Å². The van der Waals surface area contributed by atoms with E-state index in [9.17, 15) is 9.59 Å².